The van der Waals surface area contributed by atoms with Gasteiger partial charge < -0.3 is 11.5 Å². The van der Waals surface area contributed by atoms with Crippen LogP contribution in [0.3, 0.4) is 0 Å². The highest BCUT2D eigenvalue weighted by Gasteiger charge is 2.14. The van der Waals surface area contributed by atoms with E-state index in [1.807, 2.05) is 19.1 Å². The molecule has 6 heteroatoms. The molecule has 2 rings (SSSR count). The standard InChI is InChI=1S/C12H14N4O.ClH/c1-2-11-10(12(14)17)7-15-16(11)9-5-3-8(13)4-6-9;/h3-7H,2,13H2,1H3,(H2,14,17);1H. The number of amides is 1. The quantitative estimate of drug-likeness (QED) is 0.826. The average molecular weight is 267 g/mol. The SMILES string of the molecule is CCc1c(C(N)=O)cnn1-c1ccc(N)cc1.Cl. The lowest BCUT2D eigenvalue weighted by Crippen LogP contribution is -2.13. The number of hydrogen-bond donors (Lipinski definition) is 2. The number of carbonyl (C=O) groups excluding carboxylic acids is 1. The second-order valence-corrected chi connectivity index (χ2v) is 3.73. The molecule has 0 unspecified atom stereocenters. The van der Waals surface area contributed by atoms with E-state index in [0.717, 1.165) is 11.4 Å². The van der Waals surface area contributed by atoms with Gasteiger partial charge in [-0.2, -0.15) is 5.10 Å². The summed E-state index contributed by atoms with van der Waals surface area (Å²) >= 11 is 0. The van der Waals surface area contributed by atoms with Gasteiger partial charge in [0, 0.05) is 5.69 Å². The molecule has 1 heterocycles. The largest absolute Gasteiger partial charge is 0.399 e. The first-order valence-corrected chi connectivity index (χ1v) is 5.36. The van der Waals surface area contributed by atoms with Crippen LogP contribution in [0.15, 0.2) is 30.5 Å². The summed E-state index contributed by atoms with van der Waals surface area (Å²) in [6.07, 6.45) is 2.18. The molecule has 1 aromatic heterocycles. The lowest BCUT2D eigenvalue weighted by Gasteiger charge is -2.07. The Morgan fingerprint density at radius 2 is 1.94 bits per heavy atom. The minimum atomic E-state index is -0.455. The van der Waals surface area contributed by atoms with E-state index >= 15 is 0 Å². The number of halogens is 1. The van der Waals surface area contributed by atoms with Crippen molar-refractivity contribution in [3.05, 3.63) is 41.7 Å². The molecule has 0 aliphatic carbocycles. The summed E-state index contributed by atoms with van der Waals surface area (Å²) in [6.45, 7) is 1.96. The molecule has 1 aromatic carbocycles. The fraction of sp³-hybridized carbons (Fsp3) is 0.167. The molecule has 0 saturated heterocycles. The zero-order valence-corrected chi connectivity index (χ0v) is 10.8. The van der Waals surface area contributed by atoms with Crippen molar-refractivity contribution in [1.29, 1.82) is 0 Å². The molecule has 0 spiro atoms. The maximum Gasteiger partial charge on any atom is 0.252 e. The Bertz CT molecular complexity index is 548. The lowest BCUT2D eigenvalue weighted by atomic mass is 10.2. The van der Waals surface area contributed by atoms with Crippen molar-refractivity contribution in [1.82, 2.24) is 9.78 Å². The van der Waals surface area contributed by atoms with Gasteiger partial charge in [-0.05, 0) is 30.7 Å². The minimum absolute atomic E-state index is 0. The fourth-order valence-corrected chi connectivity index (χ4v) is 1.76. The van der Waals surface area contributed by atoms with Crippen molar-refractivity contribution in [3.8, 4) is 5.69 Å². The van der Waals surface area contributed by atoms with Crippen molar-refractivity contribution in [2.24, 2.45) is 5.73 Å². The van der Waals surface area contributed by atoms with E-state index in [0.29, 0.717) is 17.7 Å². The van der Waals surface area contributed by atoms with Crippen molar-refractivity contribution in [2.45, 2.75) is 13.3 Å². The summed E-state index contributed by atoms with van der Waals surface area (Å²) in [5, 5.41) is 4.18. The summed E-state index contributed by atoms with van der Waals surface area (Å²) in [5.41, 5.74) is 13.7. The predicted molar refractivity (Wildman–Crippen MR) is 73.1 cm³/mol. The van der Waals surface area contributed by atoms with Crippen molar-refractivity contribution < 1.29 is 4.79 Å². The van der Waals surface area contributed by atoms with Crippen LogP contribution in [-0.2, 0) is 6.42 Å². The summed E-state index contributed by atoms with van der Waals surface area (Å²) in [4.78, 5) is 11.2. The molecule has 18 heavy (non-hydrogen) atoms. The Morgan fingerprint density at radius 3 is 2.44 bits per heavy atom. The van der Waals surface area contributed by atoms with Gasteiger partial charge in [-0.1, -0.05) is 6.92 Å². The first-order chi connectivity index (χ1) is 8.13. The van der Waals surface area contributed by atoms with Crippen LogP contribution in [0.25, 0.3) is 5.69 Å². The maximum absolute atomic E-state index is 11.2. The van der Waals surface area contributed by atoms with Gasteiger partial charge in [-0.3, -0.25) is 4.79 Å². The summed E-state index contributed by atoms with van der Waals surface area (Å²) in [5.74, 6) is -0.455. The third kappa shape index (κ3) is 2.46. The number of nitrogens with two attached hydrogens (primary N) is 2. The van der Waals surface area contributed by atoms with Crippen LogP contribution in [0.5, 0.6) is 0 Å². The van der Waals surface area contributed by atoms with Gasteiger partial charge in [-0.25, -0.2) is 4.68 Å². The Hall–Kier alpha value is -2.01. The van der Waals surface area contributed by atoms with E-state index in [2.05, 4.69) is 5.10 Å². The van der Waals surface area contributed by atoms with Crippen LogP contribution < -0.4 is 11.5 Å². The van der Waals surface area contributed by atoms with E-state index in [-0.39, 0.29) is 12.4 Å². The number of hydrogen-bond acceptors (Lipinski definition) is 3. The second kappa shape index (κ2) is 5.55. The van der Waals surface area contributed by atoms with Crippen LogP contribution >= 0.6 is 12.4 Å². The molecule has 96 valence electrons. The number of aromatic nitrogens is 2. The number of nitrogens with zero attached hydrogens (tertiary/aromatic N) is 2. The van der Waals surface area contributed by atoms with Crippen LogP contribution in [0.1, 0.15) is 23.0 Å². The van der Waals surface area contributed by atoms with Gasteiger partial charge in [0.25, 0.3) is 5.91 Å². The molecular weight excluding hydrogens is 252 g/mol. The Morgan fingerprint density at radius 1 is 1.33 bits per heavy atom. The Balaban J connectivity index is 0.00000162. The third-order valence-electron chi connectivity index (χ3n) is 2.61. The van der Waals surface area contributed by atoms with Crippen molar-refractivity contribution in [2.75, 3.05) is 5.73 Å². The van der Waals surface area contributed by atoms with Crippen molar-refractivity contribution in [3.63, 3.8) is 0 Å². The highest BCUT2D eigenvalue weighted by atomic mass is 35.5. The zero-order chi connectivity index (χ0) is 12.4. The summed E-state index contributed by atoms with van der Waals surface area (Å²) in [6, 6.07) is 7.29. The molecule has 0 aliphatic heterocycles. The van der Waals surface area contributed by atoms with E-state index in [1.54, 1.807) is 16.8 Å². The molecule has 0 saturated carbocycles. The van der Waals surface area contributed by atoms with Crippen LogP contribution in [0, 0.1) is 0 Å². The molecule has 1 amide bonds. The van der Waals surface area contributed by atoms with E-state index in [9.17, 15) is 4.79 Å². The van der Waals surface area contributed by atoms with Gasteiger partial charge in [-0.15, -0.1) is 12.4 Å². The molecule has 0 bridgehead atoms. The van der Waals surface area contributed by atoms with Crippen LogP contribution in [0.2, 0.25) is 0 Å². The van der Waals surface area contributed by atoms with Gasteiger partial charge in [0.05, 0.1) is 23.1 Å². The number of nitrogen functional groups attached to an aromatic ring is 1. The van der Waals surface area contributed by atoms with Crippen LogP contribution in [0.4, 0.5) is 5.69 Å². The van der Waals surface area contributed by atoms with Gasteiger partial charge in [0.15, 0.2) is 0 Å². The molecule has 0 radical (unpaired) electrons. The number of primary amides is 1. The predicted octanol–water partition coefficient (Wildman–Crippen LogP) is 1.54. The Labute approximate surface area is 111 Å². The first-order valence-electron chi connectivity index (χ1n) is 5.36. The number of rotatable bonds is 3. The van der Waals surface area contributed by atoms with Gasteiger partial charge >= 0.3 is 0 Å². The monoisotopic (exact) mass is 266 g/mol. The van der Waals surface area contributed by atoms with Crippen molar-refractivity contribution >= 4 is 24.0 Å². The molecule has 5 nitrogen and oxygen atoms in total. The average Bonchev–Trinajstić information content (AvgIpc) is 2.73. The van der Waals surface area contributed by atoms with Crippen LogP contribution in [-0.4, -0.2) is 15.7 Å². The molecule has 4 N–H and O–H groups in total. The molecule has 0 aliphatic rings. The van der Waals surface area contributed by atoms with Gasteiger partial charge in [0.2, 0.25) is 0 Å². The normalized spacial score (nSPS) is 9.83. The fourth-order valence-electron chi connectivity index (χ4n) is 1.76. The highest BCUT2D eigenvalue weighted by molar-refractivity contribution is 5.93. The van der Waals surface area contributed by atoms with E-state index in [1.165, 1.54) is 6.20 Å². The summed E-state index contributed by atoms with van der Waals surface area (Å²) < 4.78 is 1.71. The third-order valence-corrected chi connectivity index (χ3v) is 2.61. The van der Waals surface area contributed by atoms with Gasteiger partial charge in [0.1, 0.15) is 0 Å². The Kier molecular flexibility index (Phi) is 4.33. The van der Waals surface area contributed by atoms with E-state index < -0.39 is 5.91 Å². The topological polar surface area (TPSA) is 86.9 Å². The maximum atomic E-state index is 11.2. The molecule has 0 atom stereocenters. The molecule has 0 fully saturated rings. The smallest absolute Gasteiger partial charge is 0.252 e. The van der Waals surface area contributed by atoms with E-state index in [4.69, 9.17) is 11.5 Å². The molecular formula is C12H15ClN4O. The lowest BCUT2D eigenvalue weighted by molar-refractivity contribution is 0.0999. The summed E-state index contributed by atoms with van der Waals surface area (Å²) in [7, 11) is 0. The minimum Gasteiger partial charge on any atom is -0.399 e. The number of anilines is 1. The number of benzene rings is 1. The zero-order valence-electron chi connectivity index (χ0n) is 9.96. The number of carbonyl (C=O) groups is 1. The highest BCUT2D eigenvalue weighted by Crippen LogP contribution is 2.16. The molecule has 2 aromatic rings. The second-order valence-electron chi connectivity index (χ2n) is 3.73. The first kappa shape index (κ1) is 14.1.